The van der Waals surface area contributed by atoms with Gasteiger partial charge in [0.05, 0.1) is 25.2 Å². The van der Waals surface area contributed by atoms with E-state index in [0.29, 0.717) is 0 Å². The van der Waals surface area contributed by atoms with Crippen LogP contribution in [0, 0.1) is 0 Å². The molecule has 2 nitrogen and oxygen atoms in total. The van der Waals surface area contributed by atoms with Crippen LogP contribution in [0.5, 0.6) is 5.75 Å². The van der Waals surface area contributed by atoms with E-state index in [9.17, 15) is 0 Å². The normalized spacial score (nSPS) is 11.6. The zero-order chi connectivity index (χ0) is 13.6. The lowest BCUT2D eigenvalue weighted by Crippen LogP contribution is -2.79. The molecular formula is C15H25ClNO+. The van der Waals surface area contributed by atoms with Crippen molar-refractivity contribution in [3.63, 3.8) is 0 Å². The largest absolute Gasteiger partial charge is 0.492 e. The molecule has 0 aromatic heterocycles. The minimum absolute atomic E-state index is 0.166. The van der Waals surface area contributed by atoms with Crippen LogP contribution in [0.3, 0.4) is 0 Å². The van der Waals surface area contributed by atoms with Crippen molar-refractivity contribution in [2.75, 3.05) is 20.2 Å². The summed E-state index contributed by atoms with van der Waals surface area (Å²) in [4.78, 5) is 0. The van der Waals surface area contributed by atoms with Gasteiger partial charge in [-0.05, 0) is 29.5 Å². The third-order valence-electron chi connectivity index (χ3n) is 3.49. The maximum atomic E-state index is 6.27. The summed E-state index contributed by atoms with van der Waals surface area (Å²) in [6.07, 6.45) is 2.13. The summed E-state index contributed by atoms with van der Waals surface area (Å²) in [7, 11) is 2.06. The van der Waals surface area contributed by atoms with E-state index in [4.69, 9.17) is 16.3 Å². The zero-order valence-corrected chi connectivity index (χ0v) is 12.7. The summed E-state index contributed by atoms with van der Waals surface area (Å²) in [6.45, 7) is 8.46. The van der Waals surface area contributed by atoms with E-state index in [1.807, 2.05) is 12.1 Å². The second-order valence-electron chi connectivity index (χ2n) is 5.28. The van der Waals surface area contributed by atoms with Crippen LogP contribution in [0.1, 0.15) is 39.2 Å². The van der Waals surface area contributed by atoms with Crippen LogP contribution in [-0.4, -0.2) is 20.2 Å². The van der Waals surface area contributed by atoms with E-state index in [-0.39, 0.29) is 5.41 Å². The van der Waals surface area contributed by atoms with Crippen molar-refractivity contribution in [2.45, 2.75) is 39.0 Å². The molecule has 0 aliphatic heterocycles. The lowest BCUT2D eigenvalue weighted by Gasteiger charge is -2.24. The molecule has 0 aliphatic carbocycles. The molecule has 1 rings (SSSR count). The molecule has 2 N–H and O–H groups in total. The highest BCUT2D eigenvalue weighted by Gasteiger charge is 2.19. The highest BCUT2D eigenvalue weighted by Crippen LogP contribution is 2.33. The molecule has 0 saturated carbocycles. The number of hydrogen-bond donors (Lipinski definition) is 1. The summed E-state index contributed by atoms with van der Waals surface area (Å²) in [6, 6.07) is 6.15. The minimum Gasteiger partial charge on any atom is -0.492 e. The Hall–Kier alpha value is -0.730. The number of benzene rings is 1. The van der Waals surface area contributed by atoms with Crippen LogP contribution in [-0.2, 0) is 5.41 Å². The first-order valence-corrected chi connectivity index (χ1v) is 7.09. The van der Waals surface area contributed by atoms with Crippen molar-refractivity contribution in [3.05, 3.63) is 28.8 Å². The maximum absolute atomic E-state index is 6.27. The molecule has 0 amide bonds. The summed E-state index contributed by atoms with van der Waals surface area (Å²) in [5.74, 6) is 0.795. The van der Waals surface area contributed by atoms with Gasteiger partial charge in [-0.15, -0.1) is 0 Å². The molecule has 102 valence electrons. The average Bonchev–Trinajstić information content (AvgIpc) is 2.36. The molecule has 0 spiro atoms. The van der Waals surface area contributed by atoms with Gasteiger partial charge in [0, 0.05) is 6.42 Å². The quantitative estimate of drug-likeness (QED) is 0.758. The minimum atomic E-state index is 0.166. The van der Waals surface area contributed by atoms with E-state index >= 15 is 0 Å². The monoisotopic (exact) mass is 270 g/mol. The molecular weight excluding hydrogens is 246 g/mol. The van der Waals surface area contributed by atoms with E-state index in [0.717, 1.165) is 36.8 Å². The van der Waals surface area contributed by atoms with E-state index in [2.05, 4.69) is 39.2 Å². The molecule has 0 unspecified atom stereocenters. The SMILES string of the molecule is CCC(C)(C)c1ccc(OCCC[NH2+]C)c(Cl)c1. The number of rotatable bonds is 7. The van der Waals surface area contributed by atoms with Crippen molar-refractivity contribution >= 4 is 11.6 Å². The number of nitrogens with two attached hydrogens (primary N) is 1. The van der Waals surface area contributed by atoms with E-state index in [1.165, 1.54) is 5.56 Å². The second kappa shape index (κ2) is 7.01. The van der Waals surface area contributed by atoms with Gasteiger partial charge in [-0.3, -0.25) is 0 Å². The summed E-state index contributed by atoms with van der Waals surface area (Å²) in [5, 5.41) is 2.87. The first-order valence-electron chi connectivity index (χ1n) is 6.72. The van der Waals surface area contributed by atoms with Gasteiger partial charge in [-0.25, -0.2) is 0 Å². The lowest BCUT2D eigenvalue weighted by molar-refractivity contribution is -0.627. The number of ether oxygens (including phenoxy) is 1. The first kappa shape index (κ1) is 15.3. The van der Waals surface area contributed by atoms with Crippen LogP contribution < -0.4 is 10.1 Å². The Kier molecular flexibility index (Phi) is 5.97. The number of quaternary nitrogens is 1. The van der Waals surface area contributed by atoms with Gasteiger partial charge in [0.15, 0.2) is 0 Å². The van der Waals surface area contributed by atoms with Crippen molar-refractivity contribution in [2.24, 2.45) is 0 Å². The maximum Gasteiger partial charge on any atom is 0.137 e. The molecule has 18 heavy (non-hydrogen) atoms. The van der Waals surface area contributed by atoms with E-state index in [1.54, 1.807) is 0 Å². The van der Waals surface area contributed by atoms with Crippen molar-refractivity contribution < 1.29 is 10.1 Å². The van der Waals surface area contributed by atoms with E-state index < -0.39 is 0 Å². The molecule has 0 saturated heterocycles. The first-order chi connectivity index (χ1) is 8.51. The van der Waals surface area contributed by atoms with Gasteiger partial charge in [0.25, 0.3) is 0 Å². The van der Waals surface area contributed by atoms with Crippen LogP contribution in [0.4, 0.5) is 0 Å². The molecule has 0 radical (unpaired) electrons. The Labute approximate surface area is 116 Å². The van der Waals surface area contributed by atoms with Crippen LogP contribution in [0.2, 0.25) is 5.02 Å². The number of halogens is 1. The van der Waals surface area contributed by atoms with Crippen molar-refractivity contribution in [1.82, 2.24) is 0 Å². The lowest BCUT2D eigenvalue weighted by atomic mass is 9.82. The molecule has 0 fully saturated rings. The Balaban J connectivity index is 2.68. The van der Waals surface area contributed by atoms with Crippen LogP contribution in [0.15, 0.2) is 18.2 Å². The predicted octanol–water partition coefficient (Wildman–Crippen LogP) is 2.99. The van der Waals surface area contributed by atoms with Crippen LogP contribution in [0.25, 0.3) is 0 Å². The van der Waals surface area contributed by atoms with Gasteiger partial charge in [0.1, 0.15) is 5.75 Å². The topological polar surface area (TPSA) is 25.8 Å². The summed E-state index contributed by atoms with van der Waals surface area (Å²) >= 11 is 6.27. The molecule has 3 heteroatoms. The molecule has 0 bridgehead atoms. The van der Waals surface area contributed by atoms with Crippen molar-refractivity contribution in [1.29, 1.82) is 0 Å². The zero-order valence-electron chi connectivity index (χ0n) is 11.9. The highest BCUT2D eigenvalue weighted by molar-refractivity contribution is 6.32. The molecule has 0 atom stereocenters. The Bertz CT molecular complexity index is 377. The molecule has 1 aromatic carbocycles. The molecule has 0 aliphatic rings. The molecule has 0 heterocycles. The highest BCUT2D eigenvalue weighted by atomic mass is 35.5. The summed E-state index contributed by atoms with van der Waals surface area (Å²) in [5.41, 5.74) is 1.43. The Morgan fingerprint density at radius 3 is 2.61 bits per heavy atom. The van der Waals surface area contributed by atoms with Gasteiger partial charge in [-0.1, -0.05) is 38.4 Å². The molecule has 1 aromatic rings. The third-order valence-corrected chi connectivity index (χ3v) is 3.79. The average molecular weight is 271 g/mol. The Morgan fingerprint density at radius 2 is 2.06 bits per heavy atom. The fourth-order valence-corrected chi connectivity index (χ4v) is 1.95. The fourth-order valence-electron chi connectivity index (χ4n) is 1.71. The van der Waals surface area contributed by atoms with Gasteiger partial charge in [-0.2, -0.15) is 0 Å². The summed E-state index contributed by atoms with van der Waals surface area (Å²) < 4.78 is 5.69. The standard InChI is InChI=1S/C15H24ClNO/c1-5-15(2,3)12-7-8-14(13(16)11-12)18-10-6-9-17-4/h7-8,11,17H,5-6,9-10H2,1-4H3/p+1. The van der Waals surface area contributed by atoms with Gasteiger partial charge in [0.2, 0.25) is 0 Å². The predicted molar refractivity (Wildman–Crippen MR) is 77.6 cm³/mol. The van der Waals surface area contributed by atoms with Crippen molar-refractivity contribution in [3.8, 4) is 5.75 Å². The Morgan fingerprint density at radius 1 is 1.33 bits per heavy atom. The third kappa shape index (κ3) is 4.18. The number of hydrogen-bond acceptors (Lipinski definition) is 1. The smallest absolute Gasteiger partial charge is 0.137 e. The van der Waals surface area contributed by atoms with Gasteiger partial charge >= 0.3 is 0 Å². The van der Waals surface area contributed by atoms with Crippen LogP contribution >= 0.6 is 11.6 Å². The van der Waals surface area contributed by atoms with Gasteiger partial charge < -0.3 is 10.1 Å². The fraction of sp³-hybridized carbons (Fsp3) is 0.600. The second-order valence-corrected chi connectivity index (χ2v) is 5.69.